The highest BCUT2D eigenvalue weighted by Gasteiger charge is 2.26. The molecule has 1 amide bonds. The molecular formula is C27H42N4O5S2. The molecule has 38 heavy (non-hydrogen) atoms. The van der Waals surface area contributed by atoms with Gasteiger partial charge in [-0.15, -0.1) is 11.8 Å². The Bertz CT molecular complexity index is 1030. The average Bonchev–Trinajstić information content (AvgIpc) is 3.48. The van der Waals surface area contributed by atoms with E-state index in [-0.39, 0.29) is 23.2 Å². The minimum Gasteiger partial charge on any atom is -0.460 e. The number of hydrogen-bond acceptors (Lipinski definition) is 10. The van der Waals surface area contributed by atoms with Crippen LogP contribution in [0.2, 0.25) is 0 Å². The summed E-state index contributed by atoms with van der Waals surface area (Å²) in [5.74, 6) is 2.03. The number of esters is 1. The van der Waals surface area contributed by atoms with E-state index in [1.807, 2.05) is 20.8 Å². The number of oxazole rings is 1. The number of likely N-dealkylation sites (tertiary alicyclic amines) is 1. The van der Waals surface area contributed by atoms with Crippen LogP contribution in [-0.4, -0.2) is 65.2 Å². The number of piperidine rings is 1. The van der Waals surface area contributed by atoms with Gasteiger partial charge in [0.2, 0.25) is 11.8 Å². The number of nitrogens with one attached hydrogen (secondary N) is 1. The van der Waals surface area contributed by atoms with Gasteiger partial charge in [0.05, 0.1) is 29.0 Å². The van der Waals surface area contributed by atoms with E-state index in [9.17, 15) is 9.59 Å². The molecule has 0 radical (unpaired) electrons. The largest absolute Gasteiger partial charge is 0.460 e. The van der Waals surface area contributed by atoms with Crippen molar-refractivity contribution in [1.82, 2.24) is 14.9 Å². The van der Waals surface area contributed by atoms with Crippen molar-refractivity contribution in [3.8, 4) is 0 Å². The van der Waals surface area contributed by atoms with Gasteiger partial charge < -0.3 is 24.1 Å². The Morgan fingerprint density at radius 1 is 1.13 bits per heavy atom. The molecule has 212 valence electrons. The fourth-order valence-corrected chi connectivity index (χ4v) is 5.60. The van der Waals surface area contributed by atoms with Crippen LogP contribution < -0.4 is 5.32 Å². The number of carbonyl (C=O) groups excluding carboxylic acids is 2. The molecule has 0 unspecified atom stereocenters. The van der Waals surface area contributed by atoms with Gasteiger partial charge in [0.25, 0.3) is 0 Å². The van der Waals surface area contributed by atoms with Gasteiger partial charge in [-0.3, -0.25) is 9.59 Å². The summed E-state index contributed by atoms with van der Waals surface area (Å²) in [4.78, 5) is 35.6. The van der Waals surface area contributed by atoms with E-state index in [1.54, 1.807) is 24.2 Å². The molecule has 1 saturated heterocycles. The fourth-order valence-electron chi connectivity index (χ4n) is 3.87. The zero-order valence-electron chi connectivity index (χ0n) is 23.5. The molecule has 9 nitrogen and oxygen atoms in total. The molecule has 0 aliphatic carbocycles. The molecule has 1 fully saturated rings. The number of anilines is 1. The number of thiazole rings is 1. The van der Waals surface area contributed by atoms with Gasteiger partial charge in [0.15, 0.2) is 5.13 Å². The highest BCUT2D eigenvalue weighted by Crippen LogP contribution is 2.32. The molecule has 2 aromatic rings. The lowest BCUT2D eigenvalue weighted by atomic mass is 9.94. The summed E-state index contributed by atoms with van der Waals surface area (Å²) in [5.41, 5.74) is -0.509. The molecule has 1 aliphatic rings. The predicted octanol–water partition coefficient (Wildman–Crippen LogP) is 5.51. The summed E-state index contributed by atoms with van der Waals surface area (Å²) < 4.78 is 17.8. The SMILES string of the molecule is CC(C)(C)OC(=O)CCCOCCN1CCC(C(=O)Nc2ncc(SCc3ncc(C(C)(C)C)o3)s2)CC1. The van der Waals surface area contributed by atoms with E-state index in [0.29, 0.717) is 42.8 Å². The molecule has 3 rings (SSSR count). The van der Waals surface area contributed by atoms with Gasteiger partial charge in [0, 0.05) is 30.9 Å². The molecular weight excluding hydrogens is 524 g/mol. The Hall–Kier alpha value is -1.95. The van der Waals surface area contributed by atoms with Crippen LogP contribution in [0.25, 0.3) is 0 Å². The monoisotopic (exact) mass is 566 g/mol. The Labute approximate surface area is 234 Å². The van der Waals surface area contributed by atoms with E-state index in [0.717, 1.165) is 42.4 Å². The quantitative estimate of drug-likeness (QED) is 0.202. The van der Waals surface area contributed by atoms with Crippen molar-refractivity contribution < 1.29 is 23.5 Å². The highest BCUT2D eigenvalue weighted by atomic mass is 32.2. The van der Waals surface area contributed by atoms with Crippen LogP contribution in [0.15, 0.2) is 21.0 Å². The third kappa shape index (κ3) is 10.7. The van der Waals surface area contributed by atoms with E-state index in [2.05, 4.69) is 41.0 Å². The molecule has 2 aromatic heterocycles. The van der Waals surface area contributed by atoms with E-state index < -0.39 is 5.60 Å². The molecule has 0 aromatic carbocycles. The van der Waals surface area contributed by atoms with E-state index in [4.69, 9.17) is 13.9 Å². The number of hydrogen-bond donors (Lipinski definition) is 1. The Balaban J connectivity index is 1.28. The smallest absolute Gasteiger partial charge is 0.306 e. The first kappa shape index (κ1) is 30.6. The van der Waals surface area contributed by atoms with E-state index in [1.165, 1.54) is 11.3 Å². The normalized spacial score (nSPS) is 15.5. The van der Waals surface area contributed by atoms with Crippen LogP contribution in [0.3, 0.4) is 0 Å². The van der Waals surface area contributed by atoms with Crippen molar-refractivity contribution >= 4 is 40.1 Å². The van der Waals surface area contributed by atoms with Crippen molar-refractivity contribution in [1.29, 1.82) is 0 Å². The lowest BCUT2D eigenvalue weighted by Gasteiger charge is -2.30. The van der Waals surface area contributed by atoms with Gasteiger partial charge in [0.1, 0.15) is 11.4 Å². The van der Waals surface area contributed by atoms with Gasteiger partial charge in [-0.2, -0.15) is 0 Å². The molecule has 0 bridgehead atoms. The summed E-state index contributed by atoms with van der Waals surface area (Å²) in [6.45, 7) is 15.6. The van der Waals surface area contributed by atoms with Gasteiger partial charge in [-0.25, -0.2) is 9.97 Å². The Morgan fingerprint density at radius 3 is 2.53 bits per heavy atom. The molecule has 1 N–H and O–H groups in total. The molecule has 11 heteroatoms. The van der Waals surface area contributed by atoms with Crippen molar-refractivity contribution in [2.45, 2.75) is 88.2 Å². The number of rotatable bonds is 12. The van der Waals surface area contributed by atoms with Crippen LogP contribution in [-0.2, 0) is 30.2 Å². The second-order valence-electron chi connectivity index (χ2n) is 11.5. The second kappa shape index (κ2) is 13.9. The van der Waals surface area contributed by atoms with Crippen molar-refractivity contribution in [2.75, 3.05) is 38.2 Å². The highest BCUT2D eigenvalue weighted by molar-refractivity contribution is 8.00. The molecule has 0 atom stereocenters. The maximum Gasteiger partial charge on any atom is 0.306 e. The lowest BCUT2D eigenvalue weighted by Crippen LogP contribution is -2.39. The maximum absolute atomic E-state index is 12.8. The van der Waals surface area contributed by atoms with Crippen LogP contribution in [0, 0.1) is 5.92 Å². The Kier molecular flexibility index (Phi) is 11.2. The molecule has 0 saturated carbocycles. The van der Waals surface area contributed by atoms with Crippen molar-refractivity contribution in [3.05, 3.63) is 24.0 Å². The lowest BCUT2D eigenvalue weighted by molar-refractivity contribution is -0.155. The summed E-state index contributed by atoms with van der Waals surface area (Å²) >= 11 is 3.08. The first-order chi connectivity index (χ1) is 17.9. The standard InChI is InChI=1S/C27H42N4O5S2/c1-26(2,3)20-16-28-21(35-20)18-37-23-17-29-25(38-23)30-24(33)19-9-11-31(12-10-19)13-15-34-14-7-8-22(32)36-27(4,5)6/h16-17,19H,7-15,18H2,1-6H3,(H,29,30,33). The zero-order chi connectivity index (χ0) is 27.8. The summed E-state index contributed by atoms with van der Waals surface area (Å²) in [5, 5.41) is 3.62. The average molecular weight is 567 g/mol. The number of ether oxygens (including phenoxy) is 2. The number of thioether (sulfide) groups is 1. The van der Waals surface area contributed by atoms with Crippen LogP contribution in [0.5, 0.6) is 0 Å². The first-order valence-corrected chi connectivity index (χ1v) is 15.1. The molecule has 0 spiro atoms. The Morgan fingerprint density at radius 2 is 1.87 bits per heavy atom. The minimum atomic E-state index is -0.446. The fraction of sp³-hybridized carbons (Fsp3) is 0.704. The number of carbonyl (C=O) groups is 2. The number of amides is 1. The third-order valence-corrected chi connectivity index (χ3v) is 8.04. The van der Waals surface area contributed by atoms with Gasteiger partial charge in [-0.1, -0.05) is 32.1 Å². The topological polar surface area (TPSA) is 107 Å². The maximum atomic E-state index is 12.8. The first-order valence-electron chi connectivity index (χ1n) is 13.3. The van der Waals surface area contributed by atoms with Crippen molar-refractivity contribution in [3.63, 3.8) is 0 Å². The van der Waals surface area contributed by atoms with Crippen LogP contribution in [0.4, 0.5) is 5.13 Å². The zero-order valence-corrected chi connectivity index (χ0v) is 25.1. The summed E-state index contributed by atoms with van der Waals surface area (Å²) in [6, 6.07) is 0. The molecule has 3 heterocycles. The second-order valence-corrected chi connectivity index (χ2v) is 13.9. The minimum absolute atomic E-state index is 0.0101. The number of nitrogens with zero attached hydrogens (tertiary/aromatic N) is 3. The summed E-state index contributed by atoms with van der Waals surface area (Å²) in [6.07, 6.45) is 6.24. The number of aromatic nitrogens is 2. The van der Waals surface area contributed by atoms with Gasteiger partial charge in [-0.05, 0) is 53.1 Å². The van der Waals surface area contributed by atoms with Gasteiger partial charge >= 0.3 is 5.97 Å². The van der Waals surface area contributed by atoms with Crippen LogP contribution >= 0.6 is 23.1 Å². The third-order valence-electron chi connectivity index (χ3n) is 5.95. The van der Waals surface area contributed by atoms with Crippen molar-refractivity contribution in [2.24, 2.45) is 5.92 Å². The molecule has 1 aliphatic heterocycles. The summed E-state index contributed by atoms with van der Waals surface area (Å²) in [7, 11) is 0. The predicted molar refractivity (Wildman–Crippen MR) is 151 cm³/mol. The van der Waals surface area contributed by atoms with E-state index >= 15 is 0 Å². The van der Waals surface area contributed by atoms with Crippen LogP contribution in [0.1, 0.15) is 78.9 Å².